The average Bonchev–Trinajstić information content (AvgIpc) is 2.44. The number of halogens is 1. The summed E-state index contributed by atoms with van der Waals surface area (Å²) in [7, 11) is 0. The second kappa shape index (κ2) is 7.03. The molecule has 0 saturated heterocycles. The fraction of sp³-hybridized carbons (Fsp3) is 0.250. The van der Waals surface area contributed by atoms with Crippen molar-refractivity contribution in [1.29, 1.82) is 0 Å². The number of nitrogens with one attached hydrogen (secondary N) is 1. The fourth-order valence-electron chi connectivity index (χ4n) is 2.24. The summed E-state index contributed by atoms with van der Waals surface area (Å²) >= 11 is 2.35. The van der Waals surface area contributed by atoms with Gasteiger partial charge >= 0.3 is 0 Å². The van der Waals surface area contributed by atoms with Gasteiger partial charge < -0.3 is 0 Å². The van der Waals surface area contributed by atoms with Gasteiger partial charge in [0.05, 0.1) is 6.04 Å². The maximum absolute atomic E-state index is 5.75. The molecule has 0 radical (unpaired) electrons. The molecule has 2 rings (SSSR count). The quantitative estimate of drug-likeness (QED) is 0.480. The molecule has 0 aliphatic rings. The summed E-state index contributed by atoms with van der Waals surface area (Å²) < 4.78 is 1.22. The molecule has 0 bridgehead atoms. The minimum Gasteiger partial charge on any atom is -0.271 e. The number of rotatable bonds is 5. The normalized spacial score (nSPS) is 12.4. The molecule has 0 aliphatic carbocycles. The van der Waals surface area contributed by atoms with E-state index in [1.807, 2.05) is 12.1 Å². The first-order chi connectivity index (χ1) is 9.26. The molecule has 0 spiro atoms. The van der Waals surface area contributed by atoms with Gasteiger partial charge in [0.25, 0.3) is 0 Å². The van der Waals surface area contributed by atoms with Gasteiger partial charge in [-0.25, -0.2) is 5.43 Å². The third kappa shape index (κ3) is 3.55. The highest BCUT2D eigenvalue weighted by molar-refractivity contribution is 14.1. The van der Waals surface area contributed by atoms with Crippen molar-refractivity contribution in [3.8, 4) is 0 Å². The lowest BCUT2D eigenvalue weighted by molar-refractivity contribution is 0.634. The zero-order valence-corrected chi connectivity index (χ0v) is 13.2. The largest absolute Gasteiger partial charge is 0.271 e. The van der Waals surface area contributed by atoms with E-state index in [2.05, 4.69) is 71.3 Å². The monoisotopic (exact) mass is 366 g/mol. The van der Waals surface area contributed by atoms with E-state index in [1.165, 1.54) is 26.7 Å². The number of hydrazine groups is 1. The van der Waals surface area contributed by atoms with Crippen LogP contribution in [0, 0.1) is 3.57 Å². The molecule has 100 valence electrons. The summed E-state index contributed by atoms with van der Waals surface area (Å²) in [6, 6.07) is 17.1. The first kappa shape index (κ1) is 14.5. The molecule has 0 heterocycles. The van der Waals surface area contributed by atoms with E-state index in [-0.39, 0.29) is 6.04 Å². The molecule has 0 aromatic heterocycles. The maximum Gasteiger partial charge on any atom is 0.0720 e. The smallest absolute Gasteiger partial charge is 0.0720 e. The Morgan fingerprint density at radius 1 is 1.11 bits per heavy atom. The molecule has 1 unspecified atom stereocenters. The van der Waals surface area contributed by atoms with E-state index in [0.717, 1.165) is 6.42 Å². The predicted molar refractivity (Wildman–Crippen MR) is 88.8 cm³/mol. The van der Waals surface area contributed by atoms with Crippen LogP contribution >= 0.6 is 22.6 Å². The van der Waals surface area contributed by atoms with Crippen molar-refractivity contribution < 1.29 is 0 Å². The number of hydrogen-bond donors (Lipinski definition) is 2. The molecule has 2 aromatic rings. The van der Waals surface area contributed by atoms with Crippen LogP contribution in [0.3, 0.4) is 0 Å². The zero-order chi connectivity index (χ0) is 13.7. The third-order valence-corrected chi connectivity index (χ3v) is 4.22. The van der Waals surface area contributed by atoms with E-state index in [1.54, 1.807) is 0 Å². The highest BCUT2D eigenvalue weighted by Crippen LogP contribution is 2.25. The van der Waals surface area contributed by atoms with Gasteiger partial charge in [0.1, 0.15) is 0 Å². The van der Waals surface area contributed by atoms with Gasteiger partial charge in [0.2, 0.25) is 0 Å². The van der Waals surface area contributed by atoms with Crippen molar-refractivity contribution in [2.24, 2.45) is 5.84 Å². The van der Waals surface area contributed by atoms with E-state index in [9.17, 15) is 0 Å². The van der Waals surface area contributed by atoms with Gasteiger partial charge in [-0.3, -0.25) is 5.84 Å². The Bertz CT molecular complexity index is 523. The van der Waals surface area contributed by atoms with Crippen molar-refractivity contribution in [2.45, 2.75) is 25.8 Å². The Morgan fingerprint density at radius 3 is 2.37 bits per heavy atom. The van der Waals surface area contributed by atoms with Gasteiger partial charge in [-0.05, 0) is 51.8 Å². The van der Waals surface area contributed by atoms with Gasteiger partial charge in [-0.15, -0.1) is 0 Å². The van der Waals surface area contributed by atoms with Gasteiger partial charge in [0.15, 0.2) is 0 Å². The summed E-state index contributed by atoms with van der Waals surface area (Å²) in [4.78, 5) is 0. The maximum atomic E-state index is 5.75. The molecule has 2 nitrogen and oxygen atoms in total. The Kier molecular flexibility index (Phi) is 5.36. The topological polar surface area (TPSA) is 38.0 Å². The molecule has 19 heavy (non-hydrogen) atoms. The van der Waals surface area contributed by atoms with Crippen LogP contribution in [0.15, 0.2) is 48.5 Å². The number of hydrogen-bond acceptors (Lipinski definition) is 2. The minimum absolute atomic E-state index is 0.0452. The van der Waals surface area contributed by atoms with Crippen molar-refractivity contribution >= 4 is 22.6 Å². The standard InChI is InChI=1S/C16H19IN2/c1-2-5-12-8-10-13(11-9-12)16(19-18)14-6-3-4-7-15(14)17/h3-4,6-11,16,19H,2,5,18H2,1H3. The summed E-state index contributed by atoms with van der Waals surface area (Å²) in [6.07, 6.45) is 2.30. The Balaban J connectivity index is 2.29. The van der Waals surface area contributed by atoms with Crippen LogP contribution in [0.4, 0.5) is 0 Å². The third-order valence-electron chi connectivity index (χ3n) is 3.23. The molecule has 3 N–H and O–H groups in total. The lowest BCUT2D eigenvalue weighted by Gasteiger charge is -2.18. The van der Waals surface area contributed by atoms with Gasteiger partial charge in [-0.2, -0.15) is 0 Å². The van der Waals surface area contributed by atoms with Crippen LogP contribution < -0.4 is 11.3 Å². The van der Waals surface area contributed by atoms with E-state index in [0.29, 0.717) is 0 Å². The second-order valence-electron chi connectivity index (χ2n) is 4.61. The summed E-state index contributed by atoms with van der Waals surface area (Å²) in [6.45, 7) is 2.20. The molecule has 2 aromatic carbocycles. The number of nitrogens with two attached hydrogens (primary N) is 1. The van der Waals surface area contributed by atoms with Crippen molar-refractivity contribution in [2.75, 3.05) is 0 Å². The lowest BCUT2D eigenvalue weighted by Crippen LogP contribution is -2.29. The van der Waals surface area contributed by atoms with E-state index < -0.39 is 0 Å². The van der Waals surface area contributed by atoms with Gasteiger partial charge in [0, 0.05) is 3.57 Å². The summed E-state index contributed by atoms with van der Waals surface area (Å²) in [5.74, 6) is 5.75. The van der Waals surface area contributed by atoms with Crippen molar-refractivity contribution in [3.05, 3.63) is 68.8 Å². The van der Waals surface area contributed by atoms with Crippen LogP contribution in [0.1, 0.15) is 36.1 Å². The van der Waals surface area contributed by atoms with Gasteiger partial charge in [-0.1, -0.05) is 55.8 Å². The van der Waals surface area contributed by atoms with Crippen molar-refractivity contribution in [3.63, 3.8) is 0 Å². The fourth-order valence-corrected chi connectivity index (χ4v) is 2.94. The Morgan fingerprint density at radius 2 is 1.79 bits per heavy atom. The molecule has 0 aliphatic heterocycles. The summed E-state index contributed by atoms with van der Waals surface area (Å²) in [5, 5.41) is 0. The minimum atomic E-state index is 0.0452. The highest BCUT2D eigenvalue weighted by Gasteiger charge is 2.14. The van der Waals surface area contributed by atoms with E-state index in [4.69, 9.17) is 5.84 Å². The first-order valence-electron chi connectivity index (χ1n) is 6.55. The summed E-state index contributed by atoms with van der Waals surface area (Å²) in [5.41, 5.74) is 6.72. The molecule has 3 heteroatoms. The highest BCUT2D eigenvalue weighted by atomic mass is 127. The van der Waals surface area contributed by atoms with Crippen LogP contribution in [0.5, 0.6) is 0 Å². The number of aryl methyl sites for hydroxylation is 1. The predicted octanol–water partition coefficient (Wildman–Crippen LogP) is 3.80. The average molecular weight is 366 g/mol. The molecular formula is C16H19IN2. The van der Waals surface area contributed by atoms with Crippen LogP contribution in [-0.4, -0.2) is 0 Å². The Labute approximate surface area is 128 Å². The van der Waals surface area contributed by atoms with E-state index >= 15 is 0 Å². The van der Waals surface area contributed by atoms with Crippen molar-refractivity contribution in [1.82, 2.24) is 5.43 Å². The zero-order valence-electron chi connectivity index (χ0n) is 11.1. The van der Waals surface area contributed by atoms with Crippen LogP contribution in [0.2, 0.25) is 0 Å². The number of benzene rings is 2. The first-order valence-corrected chi connectivity index (χ1v) is 7.63. The van der Waals surface area contributed by atoms with Crippen LogP contribution in [-0.2, 0) is 6.42 Å². The SMILES string of the molecule is CCCc1ccc(C(NN)c2ccccc2I)cc1. The second-order valence-corrected chi connectivity index (χ2v) is 5.77. The molecule has 1 atom stereocenters. The molecule has 0 amide bonds. The molecular weight excluding hydrogens is 347 g/mol. The van der Waals surface area contributed by atoms with Crippen LogP contribution in [0.25, 0.3) is 0 Å². The molecule has 0 fully saturated rings. The lowest BCUT2D eigenvalue weighted by atomic mass is 9.97. The Hall–Kier alpha value is -0.910. The molecule has 0 saturated carbocycles.